The third-order valence-electron chi connectivity index (χ3n) is 4.45. The van der Waals surface area contributed by atoms with Crippen molar-refractivity contribution in [3.05, 3.63) is 95.3 Å². The average molecular weight is 412 g/mol. The fourth-order valence-corrected chi connectivity index (χ4v) is 3.79. The molecule has 150 valence electrons. The normalized spacial score (nSPS) is 12.2. The molecule has 0 aliphatic heterocycles. The van der Waals surface area contributed by atoms with Crippen LogP contribution < -0.4 is 10.0 Å². The largest absolute Gasteiger partial charge is 0.346 e. The zero-order valence-corrected chi connectivity index (χ0v) is 16.8. The molecule has 0 bridgehead atoms. The van der Waals surface area contributed by atoms with Gasteiger partial charge in [0.1, 0.15) is 5.82 Å². The first-order chi connectivity index (χ1) is 13.7. The second-order valence-corrected chi connectivity index (χ2v) is 8.43. The standard InChI is InChI=1S/C22H21FN2O3S/c1-15-3-11-20(12-4-15)25-29(27,28)21-13-7-18(8-14-21)22(26)24-16(2)17-5-9-19(23)10-6-17/h3-14,16,25H,1-2H3,(H,24,26). The average Bonchev–Trinajstić information content (AvgIpc) is 2.70. The summed E-state index contributed by atoms with van der Waals surface area (Å²) in [4.78, 5) is 12.5. The van der Waals surface area contributed by atoms with Crippen molar-refractivity contribution in [2.45, 2.75) is 24.8 Å². The predicted octanol–water partition coefficient (Wildman–Crippen LogP) is 4.43. The second kappa shape index (κ2) is 8.45. The first-order valence-electron chi connectivity index (χ1n) is 9.00. The zero-order chi connectivity index (χ0) is 21.0. The smallest absolute Gasteiger partial charge is 0.261 e. The monoisotopic (exact) mass is 412 g/mol. The van der Waals surface area contributed by atoms with Crippen molar-refractivity contribution in [1.29, 1.82) is 0 Å². The number of hydrogen-bond donors (Lipinski definition) is 2. The molecular formula is C22H21FN2O3S. The topological polar surface area (TPSA) is 75.3 Å². The summed E-state index contributed by atoms with van der Waals surface area (Å²) in [6.07, 6.45) is 0. The van der Waals surface area contributed by atoms with Crippen LogP contribution in [0.4, 0.5) is 10.1 Å². The third kappa shape index (κ3) is 5.20. The van der Waals surface area contributed by atoms with E-state index in [1.807, 2.05) is 19.1 Å². The summed E-state index contributed by atoms with van der Waals surface area (Å²) in [5.74, 6) is -0.694. The minimum absolute atomic E-state index is 0.0567. The molecule has 0 heterocycles. The van der Waals surface area contributed by atoms with Gasteiger partial charge in [0.25, 0.3) is 15.9 Å². The van der Waals surface area contributed by atoms with Crippen LogP contribution in [-0.4, -0.2) is 14.3 Å². The van der Waals surface area contributed by atoms with E-state index in [0.717, 1.165) is 11.1 Å². The SMILES string of the molecule is Cc1ccc(NS(=O)(=O)c2ccc(C(=O)NC(C)c3ccc(F)cc3)cc2)cc1. The highest BCUT2D eigenvalue weighted by Crippen LogP contribution is 2.18. The maximum Gasteiger partial charge on any atom is 0.261 e. The second-order valence-electron chi connectivity index (χ2n) is 6.74. The van der Waals surface area contributed by atoms with E-state index in [-0.39, 0.29) is 22.7 Å². The van der Waals surface area contributed by atoms with Crippen LogP contribution in [0, 0.1) is 12.7 Å². The van der Waals surface area contributed by atoms with Crippen LogP contribution in [0.3, 0.4) is 0 Å². The van der Waals surface area contributed by atoms with Crippen LogP contribution in [0.2, 0.25) is 0 Å². The van der Waals surface area contributed by atoms with E-state index in [4.69, 9.17) is 0 Å². The molecule has 3 rings (SSSR count). The molecule has 3 aromatic carbocycles. The summed E-state index contributed by atoms with van der Waals surface area (Å²) in [6, 6.07) is 18.2. The van der Waals surface area contributed by atoms with Crippen LogP contribution in [0.5, 0.6) is 0 Å². The number of carbonyl (C=O) groups is 1. The number of anilines is 1. The van der Waals surface area contributed by atoms with Gasteiger partial charge in [0.15, 0.2) is 0 Å². The number of carbonyl (C=O) groups excluding carboxylic acids is 1. The Labute approximate surface area is 169 Å². The maximum atomic E-state index is 13.0. The molecule has 1 unspecified atom stereocenters. The summed E-state index contributed by atoms with van der Waals surface area (Å²) in [6.45, 7) is 3.70. The molecule has 0 aliphatic carbocycles. The van der Waals surface area contributed by atoms with E-state index in [0.29, 0.717) is 11.3 Å². The van der Waals surface area contributed by atoms with Crippen LogP contribution in [0.25, 0.3) is 0 Å². The Morgan fingerprint density at radius 3 is 2.07 bits per heavy atom. The van der Waals surface area contributed by atoms with Gasteiger partial charge in [0.2, 0.25) is 0 Å². The Hall–Kier alpha value is -3.19. The summed E-state index contributed by atoms with van der Waals surface area (Å²) in [5, 5.41) is 2.81. The lowest BCUT2D eigenvalue weighted by atomic mass is 10.1. The summed E-state index contributed by atoms with van der Waals surface area (Å²) < 4.78 is 40.6. The number of nitrogens with one attached hydrogen (secondary N) is 2. The number of benzene rings is 3. The van der Waals surface area contributed by atoms with Gasteiger partial charge in [0.05, 0.1) is 10.9 Å². The van der Waals surface area contributed by atoms with Crippen LogP contribution in [0.1, 0.15) is 34.5 Å². The van der Waals surface area contributed by atoms with Gasteiger partial charge in [-0.1, -0.05) is 29.8 Å². The molecule has 3 aromatic rings. The molecule has 1 amide bonds. The Morgan fingerprint density at radius 1 is 0.897 bits per heavy atom. The van der Waals surface area contributed by atoms with Gasteiger partial charge in [-0.15, -0.1) is 0 Å². The van der Waals surface area contributed by atoms with Gasteiger partial charge in [-0.2, -0.15) is 0 Å². The molecule has 7 heteroatoms. The Bertz CT molecular complexity index is 1090. The van der Waals surface area contributed by atoms with E-state index >= 15 is 0 Å². The molecule has 0 spiro atoms. The zero-order valence-electron chi connectivity index (χ0n) is 16.0. The quantitative estimate of drug-likeness (QED) is 0.629. The summed E-state index contributed by atoms with van der Waals surface area (Å²) in [7, 11) is -3.76. The lowest BCUT2D eigenvalue weighted by molar-refractivity contribution is 0.0940. The number of sulfonamides is 1. The first kappa shape index (κ1) is 20.5. The van der Waals surface area contributed by atoms with Gasteiger partial charge in [0, 0.05) is 11.3 Å². The molecule has 0 saturated carbocycles. The van der Waals surface area contributed by atoms with Gasteiger partial charge in [-0.05, 0) is 67.9 Å². The number of halogens is 1. The number of hydrogen-bond acceptors (Lipinski definition) is 3. The number of amides is 1. The lowest BCUT2D eigenvalue weighted by Gasteiger charge is -2.15. The Morgan fingerprint density at radius 2 is 1.48 bits per heavy atom. The molecule has 5 nitrogen and oxygen atoms in total. The Balaban J connectivity index is 1.69. The highest BCUT2D eigenvalue weighted by Gasteiger charge is 2.16. The maximum absolute atomic E-state index is 13.0. The Kier molecular flexibility index (Phi) is 5.98. The third-order valence-corrected chi connectivity index (χ3v) is 5.85. The molecule has 0 saturated heterocycles. The molecule has 0 fully saturated rings. The van der Waals surface area contributed by atoms with Gasteiger partial charge in [-0.3, -0.25) is 9.52 Å². The van der Waals surface area contributed by atoms with Gasteiger partial charge in [-0.25, -0.2) is 12.8 Å². The molecular weight excluding hydrogens is 391 g/mol. The van der Waals surface area contributed by atoms with Crippen molar-refractivity contribution in [1.82, 2.24) is 5.32 Å². The fraction of sp³-hybridized carbons (Fsp3) is 0.136. The minimum atomic E-state index is -3.76. The van der Waals surface area contributed by atoms with Crippen LogP contribution in [0.15, 0.2) is 77.7 Å². The predicted molar refractivity (Wildman–Crippen MR) is 111 cm³/mol. The molecule has 29 heavy (non-hydrogen) atoms. The van der Waals surface area contributed by atoms with Gasteiger partial charge < -0.3 is 5.32 Å². The van der Waals surface area contributed by atoms with Crippen molar-refractivity contribution in [2.24, 2.45) is 0 Å². The van der Waals surface area contributed by atoms with E-state index < -0.39 is 10.0 Å². The molecule has 1 atom stereocenters. The van der Waals surface area contributed by atoms with E-state index in [1.165, 1.54) is 36.4 Å². The number of aryl methyl sites for hydroxylation is 1. The number of rotatable bonds is 6. The minimum Gasteiger partial charge on any atom is -0.346 e. The van der Waals surface area contributed by atoms with Crippen molar-refractivity contribution < 1.29 is 17.6 Å². The van der Waals surface area contributed by atoms with E-state index in [2.05, 4.69) is 10.0 Å². The van der Waals surface area contributed by atoms with E-state index in [9.17, 15) is 17.6 Å². The first-order valence-corrected chi connectivity index (χ1v) is 10.5. The van der Waals surface area contributed by atoms with Crippen molar-refractivity contribution in [3.63, 3.8) is 0 Å². The van der Waals surface area contributed by atoms with Crippen molar-refractivity contribution in [3.8, 4) is 0 Å². The summed E-state index contributed by atoms with van der Waals surface area (Å²) >= 11 is 0. The van der Waals surface area contributed by atoms with Crippen LogP contribution >= 0.6 is 0 Å². The molecule has 0 radical (unpaired) electrons. The molecule has 2 N–H and O–H groups in total. The van der Waals surface area contributed by atoms with Crippen LogP contribution in [-0.2, 0) is 10.0 Å². The van der Waals surface area contributed by atoms with Crippen molar-refractivity contribution >= 4 is 21.6 Å². The highest BCUT2D eigenvalue weighted by molar-refractivity contribution is 7.92. The summed E-state index contributed by atoms with van der Waals surface area (Å²) in [5.41, 5.74) is 2.58. The van der Waals surface area contributed by atoms with E-state index in [1.54, 1.807) is 31.2 Å². The molecule has 0 aliphatic rings. The van der Waals surface area contributed by atoms with Gasteiger partial charge >= 0.3 is 0 Å². The fourth-order valence-electron chi connectivity index (χ4n) is 2.74. The molecule has 0 aromatic heterocycles. The van der Waals surface area contributed by atoms with Crippen molar-refractivity contribution in [2.75, 3.05) is 4.72 Å². The lowest BCUT2D eigenvalue weighted by Crippen LogP contribution is -2.26. The highest BCUT2D eigenvalue weighted by atomic mass is 32.2.